The van der Waals surface area contributed by atoms with Gasteiger partial charge in [0.2, 0.25) is 0 Å². The number of hydrogen-bond donors (Lipinski definition) is 2. The van der Waals surface area contributed by atoms with Crippen molar-refractivity contribution in [1.29, 1.82) is 0 Å². The van der Waals surface area contributed by atoms with Crippen LogP contribution in [0, 0.1) is 0 Å². The molecule has 0 unspecified atom stereocenters. The SMILES string of the molecule is O=C(c1ccccc1)c1ccccc1-c1ccc(Cl)cc1.O=C(c1ccccc1)c1ccccc1Br.OB(O)c1ccc(Cl)cc1. The molecule has 0 bridgehead atoms. The third-order valence-corrected chi connectivity index (χ3v) is 7.88. The molecule has 0 aliphatic heterocycles. The Labute approximate surface area is 287 Å². The van der Waals surface area contributed by atoms with Gasteiger partial charge in [0.1, 0.15) is 0 Å². The maximum Gasteiger partial charge on any atom is 0.488 e. The van der Waals surface area contributed by atoms with Crippen molar-refractivity contribution >= 4 is 63.3 Å². The third kappa shape index (κ3) is 9.85. The van der Waals surface area contributed by atoms with Gasteiger partial charge in [-0.15, -0.1) is 0 Å². The predicted molar refractivity (Wildman–Crippen MR) is 192 cm³/mol. The van der Waals surface area contributed by atoms with E-state index in [0.717, 1.165) is 15.6 Å². The third-order valence-electron chi connectivity index (χ3n) is 6.69. The Bertz CT molecular complexity index is 1870. The minimum Gasteiger partial charge on any atom is -0.423 e. The Morgan fingerprint density at radius 1 is 0.500 bits per heavy atom. The quantitative estimate of drug-likeness (QED) is 0.134. The van der Waals surface area contributed by atoms with Gasteiger partial charge in [0.25, 0.3) is 0 Å². The number of halogens is 3. The lowest BCUT2D eigenvalue weighted by Gasteiger charge is -2.09. The molecule has 4 nitrogen and oxygen atoms in total. The molecule has 6 rings (SSSR count). The van der Waals surface area contributed by atoms with Crippen molar-refractivity contribution in [2.75, 3.05) is 0 Å². The summed E-state index contributed by atoms with van der Waals surface area (Å²) in [5.74, 6) is 0.0734. The fraction of sp³-hybridized carbons (Fsp3) is 0. The Morgan fingerprint density at radius 2 is 0.913 bits per heavy atom. The average Bonchev–Trinajstić information content (AvgIpc) is 3.10. The van der Waals surface area contributed by atoms with Gasteiger partial charge in [-0.25, -0.2) is 0 Å². The van der Waals surface area contributed by atoms with Crippen molar-refractivity contribution in [2.24, 2.45) is 0 Å². The maximum absolute atomic E-state index is 12.7. The van der Waals surface area contributed by atoms with Gasteiger partial charge >= 0.3 is 7.12 Å². The van der Waals surface area contributed by atoms with Gasteiger partial charge in [-0.1, -0.05) is 160 Å². The number of ketones is 2. The molecule has 46 heavy (non-hydrogen) atoms. The highest BCUT2D eigenvalue weighted by Crippen LogP contribution is 2.27. The summed E-state index contributed by atoms with van der Waals surface area (Å²) in [4.78, 5) is 24.7. The summed E-state index contributed by atoms with van der Waals surface area (Å²) in [5.41, 5.74) is 5.16. The molecular formula is C38H28BBrCl2O4. The number of carbonyl (C=O) groups excluding carboxylic acids is 2. The van der Waals surface area contributed by atoms with Crippen LogP contribution in [0.1, 0.15) is 31.8 Å². The van der Waals surface area contributed by atoms with E-state index in [9.17, 15) is 9.59 Å². The molecule has 0 aliphatic rings. The molecule has 0 atom stereocenters. The van der Waals surface area contributed by atoms with Gasteiger partial charge in [0.05, 0.1) is 0 Å². The first-order valence-corrected chi connectivity index (χ1v) is 15.7. The van der Waals surface area contributed by atoms with Crippen molar-refractivity contribution in [2.45, 2.75) is 0 Å². The molecular weight excluding hydrogens is 682 g/mol. The molecule has 0 saturated heterocycles. The summed E-state index contributed by atoms with van der Waals surface area (Å²) in [6, 6.07) is 47.5. The summed E-state index contributed by atoms with van der Waals surface area (Å²) in [6.07, 6.45) is 0. The van der Waals surface area contributed by atoms with E-state index in [1.165, 1.54) is 0 Å². The second-order valence-corrected chi connectivity index (χ2v) is 11.6. The second-order valence-electron chi connectivity index (χ2n) is 9.85. The van der Waals surface area contributed by atoms with Crippen LogP contribution < -0.4 is 5.46 Å². The van der Waals surface area contributed by atoms with Crippen LogP contribution in [0.15, 0.2) is 162 Å². The van der Waals surface area contributed by atoms with Crippen molar-refractivity contribution in [3.05, 3.63) is 194 Å². The largest absolute Gasteiger partial charge is 0.488 e. The van der Waals surface area contributed by atoms with Gasteiger partial charge in [-0.2, -0.15) is 0 Å². The molecule has 6 aromatic rings. The van der Waals surface area contributed by atoms with Crippen LogP contribution in [0.5, 0.6) is 0 Å². The zero-order chi connectivity index (χ0) is 32.9. The van der Waals surface area contributed by atoms with Gasteiger partial charge in [0, 0.05) is 36.8 Å². The molecule has 0 saturated carbocycles. The predicted octanol–water partition coefficient (Wildman–Crippen LogP) is 8.94. The summed E-state index contributed by atoms with van der Waals surface area (Å²) < 4.78 is 0.832. The highest BCUT2D eigenvalue weighted by Gasteiger charge is 2.14. The molecule has 2 N–H and O–H groups in total. The maximum atomic E-state index is 12.7. The summed E-state index contributed by atoms with van der Waals surface area (Å²) in [5, 5.41) is 18.5. The van der Waals surface area contributed by atoms with Crippen LogP contribution in [-0.2, 0) is 0 Å². The molecule has 6 aromatic carbocycles. The van der Waals surface area contributed by atoms with Crippen molar-refractivity contribution in [3.63, 3.8) is 0 Å². The second kappa shape index (κ2) is 17.4. The fourth-order valence-corrected chi connectivity index (χ4v) is 5.05. The van der Waals surface area contributed by atoms with E-state index in [2.05, 4.69) is 15.9 Å². The number of hydrogen-bond acceptors (Lipinski definition) is 4. The zero-order valence-electron chi connectivity index (χ0n) is 24.4. The molecule has 8 heteroatoms. The highest BCUT2D eigenvalue weighted by atomic mass is 79.9. The number of benzene rings is 6. The van der Waals surface area contributed by atoms with Crippen LogP contribution in [0.3, 0.4) is 0 Å². The monoisotopic (exact) mass is 708 g/mol. The Kier molecular flexibility index (Phi) is 13.1. The van der Waals surface area contributed by atoms with E-state index in [4.69, 9.17) is 33.2 Å². The standard InChI is InChI=1S/C19H13ClO.C13H9BrO.C6H6BClO2/c20-16-12-10-14(11-13-16)17-8-4-5-9-18(17)19(21)15-6-2-1-3-7-15;14-12-9-5-4-8-11(12)13(15)10-6-2-1-3-7-10;8-6-3-1-5(2-4-6)7(9)10/h1-13H;1-9H;1-4,9-10H. The normalized spacial score (nSPS) is 10.0. The first-order chi connectivity index (χ1) is 22.2. The molecule has 0 aromatic heterocycles. The van der Waals surface area contributed by atoms with Crippen LogP contribution in [-0.4, -0.2) is 28.7 Å². The smallest absolute Gasteiger partial charge is 0.423 e. The fourth-order valence-electron chi connectivity index (χ4n) is 4.33. The lowest BCUT2D eigenvalue weighted by molar-refractivity contribution is 0.103. The van der Waals surface area contributed by atoms with Gasteiger partial charge in [-0.3, -0.25) is 9.59 Å². The van der Waals surface area contributed by atoms with Crippen molar-refractivity contribution in [1.82, 2.24) is 0 Å². The Hall–Kier alpha value is -4.30. The Balaban J connectivity index is 0.000000168. The first-order valence-electron chi connectivity index (χ1n) is 14.1. The lowest BCUT2D eigenvalue weighted by Crippen LogP contribution is -2.29. The van der Waals surface area contributed by atoms with E-state index in [1.807, 2.05) is 133 Å². The number of rotatable bonds is 6. The van der Waals surface area contributed by atoms with Crippen LogP contribution in [0.25, 0.3) is 11.1 Å². The summed E-state index contributed by atoms with van der Waals surface area (Å²) >= 11 is 14.9. The van der Waals surface area contributed by atoms with E-state index >= 15 is 0 Å². The Morgan fingerprint density at radius 3 is 1.41 bits per heavy atom. The van der Waals surface area contributed by atoms with E-state index < -0.39 is 7.12 Å². The lowest BCUT2D eigenvalue weighted by atomic mass is 9.81. The van der Waals surface area contributed by atoms with Crippen LogP contribution >= 0.6 is 39.1 Å². The van der Waals surface area contributed by atoms with Crippen LogP contribution in [0.2, 0.25) is 10.0 Å². The van der Waals surface area contributed by atoms with Crippen LogP contribution in [0.4, 0.5) is 0 Å². The molecule has 0 spiro atoms. The first kappa shape index (κ1) is 34.6. The van der Waals surface area contributed by atoms with E-state index in [1.54, 1.807) is 24.3 Å². The highest BCUT2D eigenvalue weighted by molar-refractivity contribution is 9.10. The number of carbonyl (C=O) groups is 2. The van der Waals surface area contributed by atoms with Gasteiger partial charge in [-0.05, 0) is 53.0 Å². The molecule has 228 valence electrons. The molecule has 0 fully saturated rings. The minimum absolute atomic E-state index is 0.0288. The van der Waals surface area contributed by atoms with Gasteiger partial charge in [0.15, 0.2) is 11.6 Å². The zero-order valence-corrected chi connectivity index (χ0v) is 27.5. The van der Waals surface area contributed by atoms with E-state index in [-0.39, 0.29) is 11.6 Å². The topological polar surface area (TPSA) is 74.6 Å². The minimum atomic E-state index is -1.41. The average molecular weight is 710 g/mol. The van der Waals surface area contributed by atoms with Gasteiger partial charge < -0.3 is 10.0 Å². The van der Waals surface area contributed by atoms with Crippen molar-refractivity contribution in [3.8, 4) is 11.1 Å². The molecule has 0 radical (unpaired) electrons. The van der Waals surface area contributed by atoms with E-state index in [0.29, 0.717) is 37.8 Å². The van der Waals surface area contributed by atoms with Crippen molar-refractivity contribution < 1.29 is 19.6 Å². The molecule has 0 amide bonds. The summed E-state index contributed by atoms with van der Waals surface area (Å²) in [6.45, 7) is 0. The summed E-state index contributed by atoms with van der Waals surface area (Å²) in [7, 11) is -1.41. The molecule has 0 heterocycles. The molecule has 0 aliphatic carbocycles.